The predicted octanol–water partition coefficient (Wildman–Crippen LogP) is 4.36. The van der Waals surface area contributed by atoms with Gasteiger partial charge in [0.05, 0.1) is 15.6 Å². The van der Waals surface area contributed by atoms with Crippen molar-refractivity contribution >= 4 is 39.1 Å². The maximum absolute atomic E-state index is 13.2. The number of rotatable bonds is 9. The van der Waals surface area contributed by atoms with Gasteiger partial charge in [-0.15, -0.1) is 10.2 Å². The number of sulfonamides is 1. The molecule has 5 rings (SSSR count). The molecule has 1 fully saturated rings. The lowest BCUT2D eigenvalue weighted by Gasteiger charge is -2.16. The van der Waals surface area contributed by atoms with Crippen LogP contribution in [0.4, 0.5) is 11.4 Å². The largest absolute Gasteiger partial charge is 0.325 e. The van der Waals surface area contributed by atoms with Gasteiger partial charge in [-0.2, -0.15) is 4.31 Å². The molecule has 0 saturated carbocycles. The lowest BCUT2D eigenvalue weighted by atomic mass is 10.2. The van der Waals surface area contributed by atoms with Gasteiger partial charge in [-0.3, -0.25) is 19.5 Å². The zero-order valence-corrected chi connectivity index (χ0v) is 22.3. The summed E-state index contributed by atoms with van der Waals surface area (Å²) >= 11 is 1.14. The van der Waals surface area contributed by atoms with Gasteiger partial charge in [0.2, 0.25) is 15.9 Å². The monoisotopic (exact) mass is 564 g/mol. The molecule has 0 radical (unpaired) electrons. The zero-order chi connectivity index (χ0) is 27.4. The first-order valence-electron chi connectivity index (χ1n) is 12.1. The number of carbonyl (C=O) groups is 1. The lowest BCUT2D eigenvalue weighted by Crippen LogP contribution is -2.27. The van der Waals surface area contributed by atoms with Crippen molar-refractivity contribution in [1.82, 2.24) is 19.1 Å². The van der Waals surface area contributed by atoms with E-state index in [2.05, 4.69) is 15.5 Å². The zero-order valence-electron chi connectivity index (χ0n) is 20.6. The van der Waals surface area contributed by atoms with E-state index in [4.69, 9.17) is 0 Å². The molecule has 11 nitrogen and oxygen atoms in total. The van der Waals surface area contributed by atoms with E-state index in [9.17, 15) is 23.3 Å². The molecule has 1 amide bonds. The molecule has 39 heavy (non-hydrogen) atoms. The summed E-state index contributed by atoms with van der Waals surface area (Å²) < 4.78 is 29.6. The van der Waals surface area contributed by atoms with Crippen LogP contribution in [0.5, 0.6) is 0 Å². The van der Waals surface area contributed by atoms with Gasteiger partial charge in [0.15, 0.2) is 11.0 Å². The SMILES string of the molecule is O=C(CSc1nnc(-c2cccc(S(=O)(=O)N3CCCC3)c2)n1-c1ccccc1)Nc1cccc([N+](=O)[O-])c1. The first-order chi connectivity index (χ1) is 18.8. The molecule has 1 aliphatic rings. The van der Waals surface area contributed by atoms with E-state index in [0.717, 1.165) is 30.3 Å². The third-order valence-electron chi connectivity index (χ3n) is 6.12. The van der Waals surface area contributed by atoms with Crippen LogP contribution in [-0.2, 0) is 14.8 Å². The Morgan fingerprint density at radius 3 is 2.46 bits per heavy atom. The third kappa shape index (κ3) is 5.85. The number of benzene rings is 3. The van der Waals surface area contributed by atoms with Crippen molar-refractivity contribution in [2.24, 2.45) is 0 Å². The van der Waals surface area contributed by atoms with Crippen molar-refractivity contribution in [3.63, 3.8) is 0 Å². The molecule has 0 unspecified atom stereocenters. The standard InChI is InChI=1S/C26H24N6O5S2/c33-24(27-20-9-7-12-22(17-20)32(34)35)18-38-26-29-28-25(31(26)21-10-2-1-3-11-21)19-8-6-13-23(16-19)39(36,37)30-14-4-5-15-30/h1-3,6-13,16-17H,4-5,14-15,18H2,(H,27,33). The minimum absolute atomic E-state index is 0.0307. The number of nitrogens with one attached hydrogen (secondary N) is 1. The van der Waals surface area contributed by atoms with Crippen molar-refractivity contribution in [2.45, 2.75) is 22.9 Å². The second kappa shape index (κ2) is 11.4. The van der Waals surface area contributed by atoms with Crippen LogP contribution in [0.15, 0.2) is 88.9 Å². The number of amides is 1. The van der Waals surface area contributed by atoms with E-state index in [-0.39, 0.29) is 22.2 Å². The van der Waals surface area contributed by atoms with Crippen molar-refractivity contribution < 1.29 is 18.1 Å². The number of hydrogen-bond acceptors (Lipinski definition) is 8. The maximum Gasteiger partial charge on any atom is 0.271 e. The highest BCUT2D eigenvalue weighted by molar-refractivity contribution is 7.99. The summed E-state index contributed by atoms with van der Waals surface area (Å²) in [5.74, 6) is 0.0291. The second-order valence-corrected chi connectivity index (χ2v) is 11.6. The van der Waals surface area contributed by atoms with Crippen LogP contribution in [0.3, 0.4) is 0 Å². The first kappa shape index (κ1) is 26.5. The summed E-state index contributed by atoms with van der Waals surface area (Å²) in [6.45, 7) is 1.01. The molecule has 200 valence electrons. The highest BCUT2D eigenvalue weighted by Crippen LogP contribution is 2.30. The topological polar surface area (TPSA) is 140 Å². The number of nitrogens with zero attached hydrogens (tertiary/aromatic N) is 5. The number of carbonyl (C=O) groups excluding carboxylic acids is 1. The number of nitro groups is 1. The molecule has 1 aromatic heterocycles. The van der Waals surface area contributed by atoms with Crippen molar-refractivity contribution in [3.8, 4) is 17.1 Å². The summed E-state index contributed by atoms with van der Waals surface area (Å²) in [5, 5.41) is 22.8. The van der Waals surface area contributed by atoms with Crippen LogP contribution in [0.25, 0.3) is 17.1 Å². The molecule has 4 aromatic rings. The second-order valence-electron chi connectivity index (χ2n) is 8.76. The maximum atomic E-state index is 13.2. The Hall–Kier alpha value is -4.07. The van der Waals surface area contributed by atoms with Crippen LogP contribution in [0, 0.1) is 10.1 Å². The van der Waals surface area contributed by atoms with Gasteiger partial charge in [0, 0.05) is 42.2 Å². The molecule has 1 N–H and O–H groups in total. The van der Waals surface area contributed by atoms with Gasteiger partial charge in [-0.1, -0.05) is 48.2 Å². The van der Waals surface area contributed by atoms with E-state index in [1.807, 2.05) is 30.3 Å². The Morgan fingerprint density at radius 1 is 0.974 bits per heavy atom. The average Bonchev–Trinajstić information content (AvgIpc) is 3.64. The number of para-hydroxylation sites is 1. The van der Waals surface area contributed by atoms with E-state index in [1.54, 1.807) is 34.9 Å². The fraction of sp³-hybridized carbons (Fsp3) is 0.192. The van der Waals surface area contributed by atoms with E-state index in [1.165, 1.54) is 22.5 Å². The number of nitro benzene ring substituents is 1. The van der Waals surface area contributed by atoms with Crippen LogP contribution in [-0.4, -0.2) is 57.2 Å². The Balaban J connectivity index is 1.42. The highest BCUT2D eigenvalue weighted by Gasteiger charge is 2.28. The molecule has 2 heterocycles. The van der Waals surface area contributed by atoms with Crippen LogP contribution >= 0.6 is 11.8 Å². The predicted molar refractivity (Wildman–Crippen MR) is 147 cm³/mol. The molecular weight excluding hydrogens is 540 g/mol. The fourth-order valence-electron chi connectivity index (χ4n) is 4.26. The molecule has 3 aromatic carbocycles. The summed E-state index contributed by atoms with van der Waals surface area (Å²) in [7, 11) is -3.62. The molecule has 0 aliphatic carbocycles. The van der Waals surface area contributed by atoms with Crippen molar-refractivity contribution in [1.29, 1.82) is 0 Å². The smallest absolute Gasteiger partial charge is 0.271 e. The molecule has 0 spiro atoms. The number of aromatic nitrogens is 3. The van der Waals surface area contributed by atoms with Gasteiger partial charge in [-0.25, -0.2) is 8.42 Å². The van der Waals surface area contributed by atoms with Crippen molar-refractivity contribution in [3.05, 3.63) is 89.0 Å². The van der Waals surface area contributed by atoms with Gasteiger partial charge >= 0.3 is 0 Å². The minimum atomic E-state index is -3.62. The average molecular weight is 565 g/mol. The Labute approximate surface area is 229 Å². The Morgan fingerprint density at radius 2 is 1.72 bits per heavy atom. The summed E-state index contributed by atoms with van der Waals surface area (Å²) in [6.07, 6.45) is 1.69. The van der Waals surface area contributed by atoms with Gasteiger partial charge in [-0.05, 0) is 43.2 Å². The number of hydrogen-bond donors (Lipinski definition) is 1. The number of thioether (sulfide) groups is 1. The Kier molecular flexibility index (Phi) is 7.72. The third-order valence-corrected chi connectivity index (χ3v) is 8.94. The van der Waals surface area contributed by atoms with E-state index < -0.39 is 14.9 Å². The number of non-ortho nitro benzene ring substituents is 1. The molecular formula is C26H24N6O5S2. The molecule has 0 bridgehead atoms. The summed E-state index contributed by atoms with van der Waals surface area (Å²) in [5.41, 5.74) is 1.50. The van der Waals surface area contributed by atoms with Crippen molar-refractivity contribution in [2.75, 3.05) is 24.2 Å². The molecule has 1 saturated heterocycles. The lowest BCUT2D eigenvalue weighted by molar-refractivity contribution is -0.384. The normalized spacial score (nSPS) is 13.8. The Bertz CT molecular complexity index is 1620. The van der Waals surface area contributed by atoms with Gasteiger partial charge in [0.1, 0.15) is 0 Å². The quantitative estimate of drug-likeness (QED) is 0.180. The minimum Gasteiger partial charge on any atom is -0.325 e. The molecule has 0 atom stereocenters. The van der Waals surface area contributed by atoms with Crippen LogP contribution in [0.2, 0.25) is 0 Å². The highest BCUT2D eigenvalue weighted by atomic mass is 32.2. The van der Waals surface area contributed by atoms with E-state index >= 15 is 0 Å². The molecule has 1 aliphatic heterocycles. The van der Waals surface area contributed by atoms with Crippen LogP contribution in [0.1, 0.15) is 12.8 Å². The molecule has 13 heteroatoms. The van der Waals surface area contributed by atoms with Gasteiger partial charge < -0.3 is 5.32 Å². The summed E-state index contributed by atoms with van der Waals surface area (Å²) in [4.78, 5) is 23.3. The first-order valence-corrected chi connectivity index (χ1v) is 14.5. The van der Waals surface area contributed by atoms with Crippen LogP contribution < -0.4 is 5.32 Å². The summed E-state index contributed by atoms with van der Waals surface area (Å²) in [6, 6.07) is 21.7. The fourth-order valence-corrected chi connectivity index (χ4v) is 6.57. The van der Waals surface area contributed by atoms with E-state index in [0.29, 0.717) is 35.3 Å². The number of anilines is 1. The van der Waals surface area contributed by atoms with Gasteiger partial charge in [0.25, 0.3) is 5.69 Å².